The average molecular weight is 258 g/mol. The summed E-state index contributed by atoms with van der Waals surface area (Å²) in [7, 11) is 1.59. The maximum Gasteiger partial charge on any atom is 0.200 e. The molecule has 0 unspecified atom stereocenters. The van der Waals surface area contributed by atoms with Gasteiger partial charge in [-0.05, 0) is 37.1 Å². The van der Waals surface area contributed by atoms with Gasteiger partial charge in [-0.15, -0.1) is 0 Å². The van der Waals surface area contributed by atoms with Gasteiger partial charge in [0.05, 0.1) is 24.5 Å². The molecule has 0 amide bonds. The fourth-order valence-corrected chi connectivity index (χ4v) is 2.19. The number of benzene rings is 1. The van der Waals surface area contributed by atoms with Crippen molar-refractivity contribution in [3.05, 3.63) is 52.5 Å². The Morgan fingerprint density at radius 3 is 2.58 bits per heavy atom. The van der Waals surface area contributed by atoms with Crippen LogP contribution in [0.3, 0.4) is 0 Å². The SMILES string of the molecule is CCc1occc1C(=O)c1ccc(C)c(C)c1OC. The van der Waals surface area contributed by atoms with Gasteiger partial charge < -0.3 is 9.15 Å². The summed E-state index contributed by atoms with van der Waals surface area (Å²) in [6, 6.07) is 5.47. The molecule has 1 heterocycles. The lowest BCUT2D eigenvalue weighted by Crippen LogP contribution is -2.07. The highest BCUT2D eigenvalue weighted by atomic mass is 16.5. The fraction of sp³-hybridized carbons (Fsp3) is 0.312. The Morgan fingerprint density at radius 1 is 1.21 bits per heavy atom. The van der Waals surface area contributed by atoms with Crippen molar-refractivity contribution >= 4 is 5.78 Å². The average Bonchev–Trinajstić information content (AvgIpc) is 2.89. The van der Waals surface area contributed by atoms with Crippen LogP contribution in [-0.4, -0.2) is 12.9 Å². The molecule has 2 rings (SSSR count). The molecule has 0 atom stereocenters. The van der Waals surface area contributed by atoms with Crippen LogP contribution in [0.5, 0.6) is 5.75 Å². The van der Waals surface area contributed by atoms with Crippen molar-refractivity contribution in [1.29, 1.82) is 0 Å². The fourth-order valence-electron chi connectivity index (χ4n) is 2.19. The highest BCUT2D eigenvalue weighted by molar-refractivity contribution is 6.11. The van der Waals surface area contributed by atoms with Gasteiger partial charge in [-0.1, -0.05) is 13.0 Å². The summed E-state index contributed by atoms with van der Waals surface area (Å²) in [6.45, 7) is 5.93. The Hall–Kier alpha value is -2.03. The van der Waals surface area contributed by atoms with Gasteiger partial charge in [0.2, 0.25) is 0 Å². The summed E-state index contributed by atoms with van der Waals surface area (Å²) >= 11 is 0. The summed E-state index contributed by atoms with van der Waals surface area (Å²) in [4.78, 5) is 12.6. The molecule has 1 aromatic heterocycles. The summed E-state index contributed by atoms with van der Waals surface area (Å²) in [5, 5.41) is 0. The summed E-state index contributed by atoms with van der Waals surface area (Å²) in [5.41, 5.74) is 3.30. The van der Waals surface area contributed by atoms with Gasteiger partial charge in [0.25, 0.3) is 0 Å². The smallest absolute Gasteiger partial charge is 0.200 e. The molecule has 1 aromatic carbocycles. The highest BCUT2D eigenvalue weighted by Gasteiger charge is 2.20. The zero-order valence-corrected chi connectivity index (χ0v) is 11.7. The number of rotatable bonds is 4. The molecule has 0 bridgehead atoms. The number of hydrogen-bond donors (Lipinski definition) is 0. The Kier molecular flexibility index (Phi) is 3.74. The van der Waals surface area contributed by atoms with Crippen molar-refractivity contribution in [3.8, 4) is 5.75 Å². The van der Waals surface area contributed by atoms with E-state index in [0.29, 0.717) is 29.1 Å². The number of methoxy groups -OCH3 is 1. The normalized spacial score (nSPS) is 10.5. The third-order valence-corrected chi connectivity index (χ3v) is 3.44. The Balaban J connectivity index is 2.53. The van der Waals surface area contributed by atoms with Crippen molar-refractivity contribution in [2.45, 2.75) is 27.2 Å². The quantitative estimate of drug-likeness (QED) is 0.785. The number of ether oxygens (including phenoxy) is 1. The lowest BCUT2D eigenvalue weighted by atomic mass is 9.97. The van der Waals surface area contributed by atoms with E-state index in [1.54, 1.807) is 19.4 Å². The minimum atomic E-state index is -0.0504. The van der Waals surface area contributed by atoms with E-state index >= 15 is 0 Å². The molecule has 0 aliphatic rings. The molecule has 19 heavy (non-hydrogen) atoms. The van der Waals surface area contributed by atoms with Crippen LogP contribution < -0.4 is 4.74 Å². The Bertz CT molecular complexity index is 608. The molecule has 3 heteroatoms. The summed E-state index contributed by atoms with van der Waals surface area (Å²) < 4.78 is 10.7. The van der Waals surface area contributed by atoms with Crippen molar-refractivity contribution < 1.29 is 13.9 Å². The molecular weight excluding hydrogens is 240 g/mol. The first kappa shape index (κ1) is 13.4. The summed E-state index contributed by atoms with van der Waals surface area (Å²) in [5.74, 6) is 1.31. The van der Waals surface area contributed by atoms with Crippen LogP contribution in [0, 0.1) is 13.8 Å². The Labute approximate surface area is 113 Å². The molecule has 3 nitrogen and oxygen atoms in total. The molecule has 0 saturated carbocycles. The first-order valence-electron chi connectivity index (χ1n) is 6.35. The van der Waals surface area contributed by atoms with E-state index in [9.17, 15) is 4.79 Å². The van der Waals surface area contributed by atoms with Gasteiger partial charge in [-0.3, -0.25) is 4.79 Å². The molecule has 0 aliphatic carbocycles. The second-order valence-electron chi connectivity index (χ2n) is 4.53. The largest absolute Gasteiger partial charge is 0.496 e. The maximum absolute atomic E-state index is 12.6. The van der Waals surface area contributed by atoms with Gasteiger partial charge in [-0.25, -0.2) is 0 Å². The van der Waals surface area contributed by atoms with Gasteiger partial charge in [0.15, 0.2) is 5.78 Å². The lowest BCUT2D eigenvalue weighted by Gasteiger charge is -2.12. The van der Waals surface area contributed by atoms with Gasteiger partial charge in [-0.2, -0.15) is 0 Å². The van der Waals surface area contributed by atoms with Crippen LogP contribution >= 0.6 is 0 Å². The van der Waals surface area contributed by atoms with Crippen LogP contribution in [0.25, 0.3) is 0 Å². The van der Waals surface area contributed by atoms with Gasteiger partial charge in [0, 0.05) is 6.42 Å². The van der Waals surface area contributed by atoms with E-state index in [1.807, 2.05) is 32.9 Å². The standard InChI is InChI=1S/C16H18O3/c1-5-14-12(8-9-19-14)15(17)13-7-6-10(2)11(3)16(13)18-4/h6-9H,5H2,1-4H3. The molecule has 0 N–H and O–H groups in total. The van der Waals surface area contributed by atoms with E-state index in [0.717, 1.165) is 11.1 Å². The van der Waals surface area contributed by atoms with Crippen molar-refractivity contribution in [2.75, 3.05) is 7.11 Å². The second kappa shape index (κ2) is 5.31. The second-order valence-corrected chi connectivity index (χ2v) is 4.53. The topological polar surface area (TPSA) is 39.4 Å². The highest BCUT2D eigenvalue weighted by Crippen LogP contribution is 2.29. The molecule has 0 fully saturated rings. The Morgan fingerprint density at radius 2 is 1.95 bits per heavy atom. The number of furan rings is 1. The number of carbonyl (C=O) groups excluding carboxylic acids is 1. The van der Waals surface area contributed by atoms with E-state index < -0.39 is 0 Å². The van der Waals surface area contributed by atoms with Crippen LogP contribution in [-0.2, 0) is 6.42 Å². The molecule has 2 aromatic rings. The molecular formula is C16H18O3. The number of aryl methyl sites for hydroxylation is 2. The first-order chi connectivity index (χ1) is 9.10. The van der Waals surface area contributed by atoms with E-state index in [4.69, 9.17) is 9.15 Å². The molecule has 0 spiro atoms. The minimum absolute atomic E-state index is 0.0504. The van der Waals surface area contributed by atoms with Crippen LogP contribution in [0.15, 0.2) is 28.9 Å². The molecule has 0 radical (unpaired) electrons. The predicted molar refractivity (Wildman–Crippen MR) is 74.0 cm³/mol. The third kappa shape index (κ3) is 2.28. The van der Waals surface area contributed by atoms with Crippen molar-refractivity contribution in [3.63, 3.8) is 0 Å². The van der Waals surface area contributed by atoms with Crippen molar-refractivity contribution in [2.24, 2.45) is 0 Å². The minimum Gasteiger partial charge on any atom is -0.496 e. The van der Waals surface area contributed by atoms with Crippen LogP contribution in [0.4, 0.5) is 0 Å². The number of hydrogen-bond acceptors (Lipinski definition) is 3. The van der Waals surface area contributed by atoms with E-state index in [2.05, 4.69) is 0 Å². The zero-order valence-electron chi connectivity index (χ0n) is 11.7. The maximum atomic E-state index is 12.6. The predicted octanol–water partition coefficient (Wildman–Crippen LogP) is 3.70. The van der Waals surface area contributed by atoms with Crippen molar-refractivity contribution in [1.82, 2.24) is 0 Å². The molecule has 0 aliphatic heterocycles. The number of carbonyl (C=O) groups is 1. The molecule has 100 valence electrons. The first-order valence-corrected chi connectivity index (χ1v) is 6.35. The van der Waals surface area contributed by atoms with E-state index in [-0.39, 0.29) is 5.78 Å². The van der Waals surface area contributed by atoms with E-state index in [1.165, 1.54) is 0 Å². The number of ketones is 1. The molecule has 0 saturated heterocycles. The van der Waals surface area contributed by atoms with Gasteiger partial charge in [0.1, 0.15) is 11.5 Å². The van der Waals surface area contributed by atoms with Crippen LogP contribution in [0.1, 0.15) is 39.7 Å². The van der Waals surface area contributed by atoms with Crippen LogP contribution in [0.2, 0.25) is 0 Å². The lowest BCUT2D eigenvalue weighted by molar-refractivity contribution is 0.103. The monoisotopic (exact) mass is 258 g/mol. The summed E-state index contributed by atoms with van der Waals surface area (Å²) in [6.07, 6.45) is 2.25. The third-order valence-electron chi connectivity index (χ3n) is 3.44. The van der Waals surface area contributed by atoms with Gasteiger partial charge >= 0.3 is 0 Å². The zero-order chi connectivity index (χ0) is 14.0.